The lowest BCUT2D eigenvalue weighted by molar-refractivity contribution is 0.673. The summed E-state index contributed by atoms with van der Waals surface area (Å²) in [4.78, 5) is 2.40. The summed E-state index contributed by atoms with van der Waals surface area (Å²) in [7, 11) is 0. The molecule has 2 aromatic heterocycles. The molecule has 0 aliphatic heterocycles. The van der Waals surface area contributed by atoms with Crippen molar-refractivity contribution in [2.24, 2.45) is 0 Å². The van der Waals surface area contributed by atoms with Crippen LogP contribution < -0.4 is 4.90 Å². The molecule has 0 radical (unpaired) electrons. The van der Waals surface area contributed by atoms with Gasteiger partial charge in [-0.3, -0.25) is 0 Å². The number of furan rings is 1. The van der Waals surface area contributed by atoms with Crippen molar-refractivity contribution in [3.63, 3.8) is 0 Å². The number of hydrogen-bond donors (Lipinski definition) is 0. The van der Waals surface area contributed by atoms with E-state index in [2.05, 4.69) is 228 Å². The maximum atomic E-state index is 6.63. The summed E-state index contributed by atoms with van der Waals surface area (Å²) in [6.07, 6.45) is 0. The lowest BCUT2D eigenvalue weighted by atomic mass is 9.97. The van der Waals surface area contributed by atoms with Crippen LogP contribution in [0.5, 0.6) is 0 Å². The highest BCUT2D eigenvalue weighted by Crippen LogP contribution is 2.44. The third-order valence-electron chi connectivity index (χ3n) is 11.9. The summed E-state index contributed by atoms with van der Waals surface area (Å²) in [5, 5.41) is 9.51. The van der Waals surface area contributed by atoms with E-state index in [-0.39, 0.29) is 0 Å². The standard InChI is InChI=1S/C56H36N2O/c1-3-23-45-37(14-1)16-11-27-46(45)39-17-9-19-41(34-39)57(43-21-12-22-44(36-43)58-52-29-7-5-25-49(52)50-26-6-8-30-53(50)58)42-20-10-18-40(35-42)47-28-13-31-54-55(47)51-33-32-38-15-2-4-24-48(38)56(51)59-54/h1-36H. The number of hydrogen-bond acceptors (Lipinski definition) is 2. The molecule has 12 aromatic rings. The predicted molar refractivity (Wildman–Crippen MR) is 249 cm³/mol. The van der Waals surface area contributed by atoms with E-state index in [0.29, 0.717) is 0 Å². The molecule has 0 bridgehead atoms. The van der Waals surface area contributed by atoms with Gasteiger partial charge in [-0.2, -0.15) is 0 Å². The second kappa shape index (κ2) is 13.4. The van der Waals surface area contributed by atoms with E-state index >= 15 is 0 Å². The van der Waals surface area contributed by atoms with Crippen LogP contribution in [0.25, 0.3) is 93.2 Å². The Morgan fingerprint density at radius 3 is 1.61 bits per heavy atom. The number of rotatable bonds is 6. The first-order chi connectivity index (χ1) is 29.3. The number of fused-ring (bicyclic) bond motifs is 9. The minimum Gasteiger partial charge on any atom is -0.455 e. The fraction of sp³-hybridized carbons (Fsp3) is 0. The molecule has 3 nitrogen and oxygen atoms in total. The molecule has 0 unspecified atom stereocenters. The predicted octanol–water partition coefficient (Wildman–Crippen LogP) is 15.8. The van der Waals surface area contributed by atoms with Gasteiger partial charge in [-0.05, 0) is 105 Å². The van der Waals surface area contributed by atoms with Gasteiger partial charge in [0.05, 0.1) is 11.0 Å². The van der Waals surface area contributed by atoms with Crippen molar-refractivity contribution >= 4 is 82.4 Å². The van der Waals surface area contributed by atoms with Gasteiger partial charge in [0.1, 0.15) is 11.2 Å². The van der Waals surface area contributed by atoms with Crippen molar-refractivity contribution < 1.29 is 4.42 Å². The van der Waals surface area contributed by atoms with E-state index in [1.165, 1.54) is 49.1 Å². The van der Waals surface area contributed by atoms with E-state index in [0.717, 1.165) is 61.2 Å². The van der Waals surface area contributed by atoms with Crippen LogP contribution in [0.15, 0.2) is 223 Å². The Labute approximate surface area is 341 Å². The molecule has 10 aromatic carbocycles. The lowest BCUT2D eigenvalue weighted by Gasteiger charge is -2.27. The molecule has 276 valence electrons. The minimum absolute atomic E-state index is 0.887. The summed E-state index contributed by atoms with van der Waals surface area (Å²) < 4.78 is 9.02. The minimum atomic E-state index is 0.887. The zero-order chi connectivity index (χ0) is 38.9. The Morgan fingerprint density at radius 1 is 0.356 bits per heavy atom. The van der Waals surface area contributed by atoms with Crippen LogP contribution in [0.3, 0.4) is 0 Å². The molecule has 2 heterocycles. The Kier molecular flexibility index (Phi) is 7.54. The van der Waals surface area contributed by atoms with Gasteiger partial charge in [0.25, 0.3) is 0 Å². The van der Waals surface area contributed by atoms with Gasteiger partial charge in [-0.1, -0.05) is 152 Å². The number of nitrogens with zero attached hydrogens (tertiary/aromatic N) is 2. The normalized spacial score (nSPS) is 11.7. The third-order valence-corrected chi connectivity index (χ3v) is 11.9. The van der Waals surface area contributed by atoms with E-state index in [9.17, 15) is 0 Å². The molecule has 0 aliphatic rings. The fourth-order valence-electron chi connectivity index (χ4n) is 9.32. The van der Waals surface area contributed by atoms with Gasteiger partial charge in [-0.15, -0.1) is 0 Å². The highest BCUT2D eigenvalue weighted by atomic mass is 16.3. The van der Waals surface area contributed by atoms with Crippen molar-refractivity contribution in [2.45, 2.75) is 0 Å². The van der Waals surface area contributed by atoms with Crippen LogP contribution in [0, 0.1) is 0 Å². The largest absolute Gasteiger partial charge is 0.455 e. The monoisotopic (exact) mass is 752 g/mol. The van der Waals surface area contributed by atoms with Crippen molar-refractivity contribution in [3.05, 3.63) is 218 Å². The number of aromatic nitrogens is 1. The highest BCUT2D eigenvalue weighted by molar-refractivity contribution is 6.19. The van der Waals surface area contributed by atoms with Gasteiger partial charge in [0.15, 0.2) is 0 Å². The molecule has 0 saturated carbocycles. The molecule has 59 heavy (non-hydrogen) atoms. The van der Waals surface area contributed by atoms with Crippen LogP contribution in [0.4, 0.5) is 17.1 Å². The first-order valence-electron chi connectivity index (χ1n) is 20.2. The van der Waals surface area contributed by atoms with E-state index in [1.807, 2.05) is 0 Å². The second-order valence-electron chi connectivity index (χ2n) is 15.3. The van der Waals surface area contributed by atoms with Crippen molar-refractivity contribution in [2.75, 3.05) is 4.90 Å². The lowest BCUT2D eigenvalue weighted by Crippen LogP contribution is -2.11. The average molecular weight is 753 g/mol. The van der Waals surface area contributed by atoms with Crippen LogP contribution in [0.2, 0.25) is 0 Å². The number of para-hydroxylation sites is 2. The molecule has 0 spiro atoms. The molecule has 3 heteroatoms. The van der Waals surface area contributed by atoms with Crippen LogP contribution in [0.1, 0.15) is 0 Å². The maximum absolute atomic E-state index is 6.63. The van der Waals surface area contributed by atoms with Gasteiger partial charge in [0, 0.05) is 49.7 Å². The smallest absolute Gasteiger partial charge is 0.143 e. The SMILES string of the molecule is c1cc(-c2cccc3ccccc23)cc(N(c2cccc(-c3cccc4oc5c6ccccc6ccc5c34)c2)c2cccc(-n3c4ccccc4c4ccccc43)c2)c1. The fourth-order valence-corrected chi connectivity index (χ4v) is 9.32. The zero-order valence-electron chi connectivity index (χ0n) is 32.1. The Balaban J connectivity index is 1.07. The summed E-state index contributed by atoms with van der Waals surface area (Å²) in [5.41, 5.74) is 13.1. The molecule has 0 aliphatic carbocycles. The summed E-state index contributed by atoms with van der Waals surface area (Å²) >= 11 is 0. The number of anilines is 3. The Morgan fingerprint density at radius 2 is 0.881 bits per heavy atom. The Bertz CT molecular complexity index is 3530. The van der Waals surface area contributed by atoms with Gasteiger partial charge in [0.2, 0.25) is 0 Å². The third kappa shape index (κ3) is 5.36. The number of benzene rings is 10. The van der Waals surface area contributed by atoms with E-state index in [1.54, 1.807) is 0 Å². The summed E-state index contributed by atoms with van der Waals surface area (Å²) in [6, 6.07) is 78.8. The van der Waals surface area contributed by atoms with Crippen molar-refractivity contribution in [3.8, 4) is 27.9 Å². The molecule has 0 atom stereocenters. The van der Waals surface area contributed by atoms with Crippen molar-refractivity contribution in [1.29, 1.82) is 0 Å². The van der Waals surface area contributed by atoms with Gasteiger partial charge in [-0.25, -0.2) is 0 Å². The molecule has 0 saturated heterocycles. The quantitative estimate of drug-likeness (QED) is 0.169. The maximum Gasteiger partial charge on any atom is 0.143 e. The molecular formula is C56H36N2O. The van der Waals surface area contributed by atoms with Gasteiger partial charge < -0.3 is 13.9 Å². The van der Waals surface area contributed by atoms with Crippen LogP contribution in [-0.2, 0) is 0 Å². The van der Waals surface area contributed by atoms with Crippen LogP contribution >= 0.6 is 0 Å². The molecule has 0 N–H and O–H groups in total. The first-order valence-corrected chi connectivity index (χ1v) is 20.2. The molecule has 0 amide bonds. The van der Waals surface area contributed by atoms with Crippen molar-refractivity contribution in [1.82, 2.24) is 4.57 Å². The highest BCUT2D eigenvalue weighted by Gasteiger charge is 2.20. The summed E-state index contributed by atoms with van der Waals surface area (Å²) in [5.74, 6) is 0. The van der Waals surface area contributed by atoms with Gasteiger partial charge >= 0.3 is 0 Å². The topological polar surface area (TPSA) is 21.3 Å². The molecular weight excluding hydrogens is 717 g/mol. The summed E-state index contributed by atoms with van der Waals surface area (Å²) in [6.45, 7) is 0. The Hall–Kier alpha value is -7.88. The second-order valence-corrected chi connectivity index (χ2v) is 15.3. The first kappa shape index (κ1) is 33.3. The van der Waals surface area contributed by atoms with E-state index < -0.39 is 0 Å². The average Bonchev–Trinajstić information content (AvgIpc) is 3.86. The van der Waals surface area contributed by atoms with Crippen LogP contribution in [-0.4, -0.2) is 4.57 Å². The molecule has 0 fully saturated rings. The molecule has 12 rings (SSSR count). The zero-order valence-corrected chi connectivity index (χ0v) is 32.1. The van der Waals surface area contributed by atoms with E-state index in [4.69, 9.17) is 4.42 Å².